The molecule has 0 aliphatic carbocycles. The zero-order valence-electron chi connectivity index (χ0n) is 16.3. The molecule has 2 aliphatic rings. The van der Waals surface area contributed by atoms with Gasteiger partial charge in [-0.2, -0.15) is 0 Å². The highest BCUT2D eigenvalue weighted by molar-refractivity contribution is 5.84. The third-order valence-corrected chi connectivity index (χ3v) is 6.38. The fraction of sp³-hybridized carbons (Fsp3) is 0.455. The van der Waals surface area contributed by atoms with Crippen LogP contribution in [0.15, 0.2) is 42.9 Å². The minimum Gasteiger partial charge on any atom is -0.350 e. The van der Waals surface area contributed by atoms with Gasteiger partial charge in [0.15, 0.2) is 0 Å². The molecule has 5 rings (SSSR count). The van der Waals surface area contributed by atoms with Gasteiger partial charge in [0.25, 0.3) is 0 Å². The number of piperazine rings is 1. The van der Waals surface area contributed by atoms with Crippen molar-refractivity contribution in [2.24, 2.45) is 13.0 Å². The van der Waals surface area contributed by atoms with Crippen LogP contribution in [0.3, 0.4) is 0 Å². The van der Waals surface area contributed by atoms with Crippen LogP contribution >= 0.6 is 0 Å². The Labute approximate surface area is 164 Å². The third-order valence-electron chi connectivity index (χ3n) is 6.38. The number of aryl methyl sites for hydroxylation is 1. The fourth-order valence-corrected chi connectivity index (χ4v) is 4.98. The summed E-state index contributed by atoms with van der Waals surface area (Å²) in [7, 11) is 2.05. The van der Waals surface area contributed by atoms with Crippen LogP contribution in [0.25, 0.3) is 10.9 Å². The van der Waals surface area contributed by atoms with Crippen LogP contribution in [0.5, 0.6) is 0 Å². The van der Waals surface area contributed by atoms with Gasteiger partial charge in [-0.3, -0.25) is 4.90 Å². The van der Waals surface area contributed by atoms with Gasteiger partial charge >= 0.3 is 0 Å². The number of piperidine rings is 1. The van der Waals surface area contributed by atoms with Crippen molar-refractivity contribution in [2.45, 2.75) is 25.3 Å². The van der Waals surface area contributed by atoms with Gasteiger partial charge < -0.3 is 9.47 Å². The lowest BCUT2D eigenvalue weighted by molar-refractivity contribution is 0.0952. The summed E-state index contributed by atoms with van der Waals surface area (Å²) in [6.07, 6.45) is 9.26. The standard InChI is InChI=1S/C22H26FN5/c1-26-14-17(20-12-18(23)4-6-21(20)26)11-16-3-5-19-15-28(10-9-27(19)13-16)22-24-7-2-8-25-22/h2,4,6-8,12,14,16,19H,3,5,9-11,13,15H2,1H3/t16-,19-/m0/s1. The van der Waals surface area contributed by atoms with Crippen molar-refractivity contribution in [3.63, 3.8) is 0 Å². The molecule has 0 saturated carbocycles. The number of hydrogen-bond donors (Lipinski definition) is 0. The highest BCUT2D eigenvalue weighted by atomic mass is 19.1. The Morgan fingerprint density at radius 2 is 1.96 bits per heavy atom. The van der Waals surface area contributed by atoms with Crippen molar-refractivity contribution in [3.8, 4) is 0 Å². The van der Waals surface area contributed by atoms with E-state index in [0.717, 1.165) is 49.5 Å². The second kappa shape index (κ2) is 7.17. The minimum absolute atomic E-state index is 0.150. The molecule has 0 unspecified atom stereocenters. The largest absolute Gasteiger partial charge is 0.350 e. The first-order valence-electron chi connectivity index (χ1n) is 10.2. The van der Waals surface area contributed by atoms with Gasteiger partial charge in [0, 0.05) is 68.8 Å². The Hall–Kier alpha value is -2.47. The predicted octanol–water partition coefficient (Wildman–Crippen LogP) is 3.25. The van der Waals surface area contributed by atoms with E-state index in [9.17, 15) is 4.39 Å². The van der Waals surface area contributed by atoms with Crippen LogP contribution in [0.1, 0.15) is 18.4 Å². The summed E-state index contributed by atoms with van der Waals surface area (Å²) in [6, 6.07) is 7.57. The SMILES string of the molecule is Cn1cc(C[C@@H]2CC[C@H]3CN(c4ncccn4)CCN3C2)c2cc(F)ccc21. The number of nitrogens with zero attached hydrogens (tertiary/aromatic N) is 5. The van der Waals surface area contributed by atoms with E-state index in [-0.39, 0.29) is 5.82 Å². The maximum Gasteiger partial charge on any atom is 0.225 e. The fourth-order valence-electron chi connectivity index (χ4n) is 4.98. The van der Waals surface area contributed by atoms with E-state index >= 15 is 0 Å². The summed E-state index contributed by atoms with van der Waals surface area (Å²) in [6.45, 7) is 4.17. The molecule has 2 saturated heterocycles. The first-order valence-corrected chi connectivity index (χ1v) is 10.2. The second-order valence-electron chi connectivity index (χ2n) is 8.22. The summed E-state index contributed by atoms with van der Waals surface area (Å²) in [4.78, 5) is 13.8. The van der Waals surface area contributed by atoms with Crippen molar-refractivity contribution in [1.82, 2.24) is 19.4 Å². The number of benzene rings is 1. The van der Waals surface area contributed by atoms with Gasteiger partial charge in [-0.25, -0.2) is 14.4 Å². The molecule has 0 N–H and O–H groups in total. The predicted molar refractivity (Wildman–Crippen MR) is 109 cm³/mol. The lowest BCUT2D eigenvalue weighted by Gasteiger charge is -2.46. The molecular formula is C22H26FN5. The van der Waals surface area contributed by atoms with Crippen LogP contribution in [0.4, 0.5) is 10.3 Å². The van der Waals surface area contributed by atoms with Gasteiger partial charge in [-0.15, -0.1) is 0 Å². The number of rotatable bonds is 3. The molecule has 4 heterocycles. The van der Waals surface area contributed by atoms with Crippen LogP contribution in [-0.2, 0) is 13.5 Å². The summed E-state index contributed by atoms with van der Waals surface area (Å²) in [5.41, 5.74) is 2.39. The Bertz CT molecular complexity index is 970. The molecule has 28 heavy (non-hydrogen) atoms. The number of hydrogen-bond acceptors (Lipinski definition) is 4. The topological polar surface area (TPSA) is 37.2 Å². The molecule has 5 nitrogen and oxygen atoms in total. The van der Waals surface area contributed by atoms with E-state index in [1.54, 1.807) is 12.1 Å². The average Bonchev–Trinajstić information content (AvgIpc) is 3.03. The van der Waals surface area contributed by atoms with Crippen molar-refractivity contribution < 1.29 is 4.39 Å². The highest BCUT2D eigenvalue weighted by Crippen LogP contribution is 2.31. The van der Waals surface area contributed by atoms with Crippen LogP contribution in [0.2, 0.25) is 0 Å². The number of halogens is 1. The molecule has 0 bridgehead atoms. The molecule has 146 valence electrons. The molecule has 0 radical (unpaired) electrons. The lowest BCUT2D eigenvalue weighted by atomic mass is 9.87. The van der Waals surface area contributed by atoms with Crippen LogP contribution in [-0.4, -0.2) is 51.7 Å². The Kier molecular flexibility index (Phi) is 4.51. The molecule has 2 fully saturated rings. The third kappa shape index (κ3) is 3.26. The van der Waals surface area contributed by atoms with Crippen LogP contribution in [0, 0.1) is 11.7 Å². The van der Waals surface area contributed by atoms with Crippen molar-refractivity contribution in [1.29, 1.82) is 0 Å². The maximum absolute atomic E-state index is 13.8. The zero-order chi connectivity index (χ0) is 19.1. The molecule has 3 aromatic rings. The number of fused-ring (bicyclic) bond motifs is 2. The van der Waals surface area contributed by atoms with E-state index in [4.69, 9.17) is 0 Å². The van der Waals surface area contributed by atoms with Gasteiger partial charge in [0.1, 0.15) is 5.82 Å². The molecule has 2 aliphatic heterocycles. The lowest BCUT2D eigenvalue weighted by Crippen LogP contribution is -2.57. The Morgan fingerprint density at radius 1 is 1.11 bits per heavy atom. The van der Waals surface area contributed by atoms with Crippen LogP contribution < -0.4 is 4.90 Å². The van der Waals surface area contributed by atoms with Gasteiger partial charge in [0.2, 0.25) is 5.95 Å². The smallest absolute Gasteiger partial charge is 0.225 e. The molecule has 1 aromatic carbocycles. The number of aromatic nitrogens is 3. The van der Waals surface area contributed by atoms with Gasteiger partial charge in [-0.1, -0.05) is 0 Å². The highest BCUT2D eigenvalue weighted by Gasteiger charge is 2.33. The average molecular weight is 379 g/mol. The van der Waals surface area contributed by atoms with Crippen molar-refractivity contribution >= 4 is 16.9 Å². The van der Waals surface area contributed by atoms with E-state index < -0.39 is 0 Å². The molecule has 2 aromatic heterocycles. The number of anilines is 1. The van der Waals surface area contributed by atoms with Gasteiger partial charge in [0.05, 0.1) is 0 Å². The van der Waals surface area contributed by atoms with Crippen molar-refractivity contribution in [3.05, 3.63) is 54.2 Å². The Morgan fingerprint density at radius 3 is 2.82 bits per heavy atom. The molecule has 6 heteroatoms. The summed E-state index contributed by atoms with van der Waals surface area (Å²) >= 11 is 0. The van der Waals surface area contributed by atoms with E-state index in [1.165, 1.54) is 18.4 Å². The normalized spacial score (nSPS) is 23.1. The monoisotopic (exact) mass is 379 g/mol. The Balaban J connectivity index is 1.27. The second-order valence-corrected chi connectivity index (χ2v) is 8.22. The molecule has 0 spiro atoms. The molecule has 2 atom stereocenters. The van der Waals surface area contributed by atoms with E-state index in [1.807, 2.05) is 31.6 Å². The summed E-state index contributed by atoms with van der Waals surface area (Å²) < 4.78 is 15.9. The van der Waals surface area contributed by atoms with Crippen molar-refractivity contribution in [2.75, 3.05) is 31.1 Å². The maximum atomic E-state index is 13.8. The molecular weight excluding hydrogens is 353 g/mol. The summed E-state index contributed by atoms with van der Waals surface area (Å²) in [5, 5.41) is 1.07. The quantitative estimate of drug-likeness (QED) is 0.700. The van der Waals surface area contributed by atoms with E-state index in [0.29, 0.717) is 12.0 Å². The first-order chi connectivity index (χ1) is 13.7. The van der Waals surface area contributed by atoms with Gasteiger partial charge in [-0.05, 0) is 55.0 Å². The zero-order valence-corrected chi connectivity index (χ0v) is 16.3. The molecule has 0 amide bonds. The first kappa shape index (κ1) is 17.6. The van der Waals surface area contributed by atoms with E-state index in [2.05, 4.69) is 30.5 Å². The minimum atomic E-state index is -0.150. The summed E-state index contributed by atoms with van der Waals surface area (Å²) in [5.74, 6) is 1.33.